The molecule has 3 heteroatoms. The van der Waals surface area contributed by atoms with Gasteiger partial charge < -0.3 is 5.11 Å². The molecule has 0 aliphatic heterocycles. The Balaban J connectivity index is 2.21. The number of halogens is 1. The van der Waals surface area contributed by atoms with Gasteiger partial charge in [0.1, 0.15) is 5.75 Å². The number of phenolic OH excluding ortho intramolecular Hbond substituents is 1. The van der Waals surface area contributed by atoms with E-state index in [1.807, 2.05) is 12.1 Å². The minimum atomic E-state index is 0.285. The molecule has 0 amide bonds. The van der Waals surface area contributed by atoms with Gasteiger partial charge in [-0.2, -0.15) is 0 Å². The molecule has 0 saturated heterocycles. The molecule has 1 aliphatic rings. The quantitative estimate of drug-likeness (QED) is 0.792. The van der Waals surface area contributed by atoms with Gasteiger partial charge >= 0.3 is 0 Å². The average Bonchev–Trinajstić information content (AvgIpc) is 2.90. The molecule has 2 rings (SSSR count). The Morgan fingerprint density at radius 3 is 2.92 bits per heavy atom. The normalized spacial score (nSPS) is 16.7. The van der Waals surface area contributed by atoms with Crippen molar-refractivity contribution in [2.24, 2.45) is 4.99 Å². The van der Waals surface area contributed by atoms with Gasteiger partial charge in [-0.25, -0.2) is 0 Å². The van der Waals surface area contributed by atoms with Crippen LogP contribution in [0.5, 0.6) is 5.75 Å². The van der Waals surface area contributed by atoms with E-state index in [1.165, 1.54) is 12.8 Å². The molecule has 2 nitrogen and oxygen atoms in total. The third kappa shape index (κ3) is 2.31. The Morgan fingerprint density at radius 1 is 1.46 bits per heavy atom. The predicted octanol–water partition coefficient (Wildman–Crippen LogP) is 2.74. The molecule has 0 atom stereocenters. The summed E-state index contributed by atoms with van der Waals surface area (Å²) in [5, 5.41) is 9.46. The monoisotopic (exact) mass is 239 g/mol. The highest BCUT2D eigenvalue weighted by Gasteiger charge is 2.18. The molecule has 1 aromatic rings. The highest BCUT2D eigenvalue weighted by molar-refractivity contribution is 9.10. The molecule has 0 unspecified atom stereocenters. The highest BCUT2D eigenvalue weighted by atomic mass is 79.9. The van der Waals surface area contributed by atoms with Gasteiger partial charge in [-0.3, -0.25) is 4.99 Å². The fourth-order valence-electron chi connectivity index (χ4n) is 1.04. The van der Waals surface area contributed by atoms with Crippen LogP contribution in [0.3, 0.4) is 0 Å². The zero-order valence-corrected chi connectivity index (χ0v) is 8.66. The molecule has 1 aromatic carbocycles. The molecule has 0 spiro atoms. The summed E-state index contributed by atoms with van der Waals surface area (Å²) in [5.41, 5.74) is 0.779. The lowest BCUT2D eigenvalue weighted by molar-refractivity contribution is 0.474. The van der Waals surface area contributed by atoms with Crippen LogP contribution in [0.2, 0.25) is 0 Å². The Labute approximate surface area is 85.4 Å². The number of hydrogen-bond donors (Lipinski definition) is 1. The van der Waals surface area contributed by atoms with Gasteiger partial charge in [0.25, 0.3) is 0 Å². The second-order valence-corrected chi connectivity index (χ2v) is 4.13. The molecule has 1 aliphatic carbocycles. The van der Waals surface area contributed by atoms with E-state index in [4.69, 9.17) is 0 Å². The maximum absolute atomic E-state index is 9.46. The van der Waals surface area contributed by atoms with Crippen molar-refractivity contribution in [2.45, 2.75) is 18.9 Å². The van der Waals surface area contributed by atoms with Crippen LogP contribution in [-0.4, -0.2) is 17.4 Å². The first kappa shape index (κ1) is 8.75. The lowest BCUT2D eigenvalue weighted by Crippen LogP contribution is -1.84. The standard InChI is InChI=1S/C10H10BrNO/c11-8-1-4-10(13)7(5-8)6-12-9-2-3-9/h1,4-6,9,13H,2-3H2. The number of benzene rings is 1. The Kier molecular flexibility index (Phi) is 2.36. The Morgan fingerprint density at radius 2 is 2.23 bits per heavy atom. The number of hydrogen-bond acceptors (Lipinski definition) is 2. The smallest absolute Gasteiger partial charge is 0.124 e. The molecule has 68 valence electrons. The molecule has 0 heterocycles. The summed E-state index contributed by atoms with van der Waals surface area (Å²) in [7, 11) is 0. The topological polar surface area (TPSA) is 32.6 Å². The third-order valence-electron chi connectivity index (χ3n) is 1.96. The van der Waals surface area contributed by atoms with Gasteiger partial charge in [0, 0.05) is 16.3 Å². The van der Waals surface area contributed by atoms with Crippen LogP contribution in [0.15, 0.2) is 27.7 Å². The van der Waals surface area contributed by atoms with Crippen LogP contribution in [0, 0.1) is 0 Å². The number of rotatable bonds is 2. The Bertz CT molecular complexity index is 345. The molecule has 1 N–H and O–H groups in total. The van der Waals surface area contributed by atoms with Crippen LogP contribution in [0.25, 0.3) is 0 Å². The van der Waals surface area contributed by atoms with E-state index in [9.17, 15) is 5.11 Å². The van der Waals surface area contributed by atoms with Crippen molar-refractivity contribution < 1.29 is 5.11 Å². The summed E-state index contributed by atoms with van der Waals surface area (Å²) in [6.07, 6.45) is 4.12. The number of aromatic hydroxyl groups is 1. The van der Waals surface area contributed by atoms with Gasteiger partial charge in [-0.1, -0.05) is 15.9 Å². The molecular weight excluding hydrogens is 230 g/mol. The van der Waals surface area contributed by atoms with Crippen LogP contribution in [0.1, 0.15) is 18.4 Å². The summed E-state index contributed by atoms with van der Waals surface area (Å²) in [5.74, 6) is 0.285. The minimum absolute atomic E-state index is 0.285. The maximum Gasteiger partial charge on any atom is 0.124 e. The summed E-state index contributed by atoms with van der Waals surface area (Å²) >= 11 is 3.35. The van der Waals surface area contributed by atoms with Crippen LogP contribution in [0.4, 0.5) is 0 Å². The predicted molar refractivity (Wildman–Crippen MR) is 56.4 cm³/mol. The van der Waals surface area contributed by atoms with E-state index in [0.717, 1.165) is 10.0 Å². The van der Waals surface area contributed by atoms with Gasteiger partial charge in [-0.05, 0) is 31.0 Å². The molecule has 0 bridgehead atoms. The fraction of sp³-hybridized carbons (Fsp3) is 0.300. The second kappa shape index (κ2) is 3.50. The van der Waals surface area contributed by atoms with Crippen molar-refractivity contribution in [3.8, 4) is 5.75 Å². The molecule has 13 heavy (non-hydrogen) atoms. The minimum Gasteiger partial charge on any atom is -0.507 e. The molecule has 1 saturated carbocycles. The van der Waals surface area contributed by atoms with E-state index >= 15 is 0 Å². The summed E-state index contributed by atoms with van der Waals surface area (Å²) in [4.78, 5) is 4.30. The van der Waals surface area contributed by atoms with E-state index in [2.05, 4.69) is 20.9 Å². The lowest BCUT2D eigenvalue weighted by atomic mass is 10.2. The summed E-state index contributed by atoms with van der Waals surface area (Å²) in [6, 6.07) is 5.84. The van der Waals surface area contributed by atoms with Gasteiger partial charge in [0.05, 0.1) is 6.04 Å². The van der Waals surface area contributed by atoms with Gasteiger partial charge in [0.2, 0.25) is 0 Å². The molecular formula is C10H10BrNO. The first-order chi connectivity index (χ1) is 6.25. The van der Waals surface area contributed by atoms with E-state index < -0.39 is 0 Å². The average molecular weight is 240 g/mol. The summed E-state index contributed by atoms with van der Waals surface area (Å²) < 4.78 is 0.961. The lowest BCUT2D eigenvalue weighted by Gasteiger charge is -1.98. The number of aliphatic imine (C=N–C) groups is 1. The van der Waals surface area contributed by atoms with E-state index in [0.29, 0.717) is 6.04 Å². The van der Waals surface area contributed by atoms with Crippen LogP contribution in [-0.2, 0) is 0 Å². The van der Waals surface area contributed by atoms with Crippen LogP contribution >= 0.6 is 15.9 Å². The summed E-state index contributed by atoms with van der Waals surface area (Å²) in [6.45, 7) is 0. The highest BCUT2D eigenvalue weighted by Crippen LogP contribution is 2.25. The third-order valence-corrected chi connectivity index (χ3v) is 2.45. The largest absolute Gasteiger partial charge is 0.507 e. The molecule has 1 fully saturated rings. The first-order valence-corrected chi connectivity index (χ1v) is 5.07. The van der Waals surface area contributed by atoms with Crippen molar-refractivity contribution in [1.29, 1.82) is 0 Å². The van der Waals surface area contributed by atoms with E-state index in [1.54, 1.807) is 12.3 Å². The second-order valence-electron chi connectivity index (χ2n) is 3.21. The first-order valence-electron chi connectivity index (χ1n) is 4.27. The van der Waals surface area contributed by atoms with Crippen molar-refractivity contribution in [3.05, 3.63) is 28.2 Å². The zero-order valence-electron chi connectivity index (χ0n) is 7.07. The fourth-order valence-corrected chi connectivity index (χ4v) is 1.42. The van der Waals surface area contributed by atoms with Crippen molar-refractivity contribution in [2.75, 3.05) is 0 Å². The van der Waals surface area contributed by atoms with Crippen LogP contribution < -0.4 is 0 Å². The molecule has 0 aromatic heterocycles. The SMILES string of the molecule is Oc1ccc(Br)cc1C=NC1CC1. The van der Waals surface area contributed by atoms with Gasteiger partial charge in [-0.15, -0.1) is 0 Å². The van der Waals surface area contributed by atoms with Crippen molar-refractivity contribution in [3.63, 3.8) is 0 Å². The molecule has 0 radical (unpaired) electrons. The van der Waals surface area contributed by atoms with Crippen molar-refractivity contribution >= 4 is 22.1 Å². The van der Waals surface area contributed by atoms with Gasteiger partial charge in [0.15, 0.2) is 0 Å². The Hall–Kier alpha value is -0.830. The maximum atomic E-state index is 9.46. The number of phenols is 1. The number of nitrogens with zero attached hydrogens (tertiary/aromatic N) is 1. The zero-order chi connectivity index (χ0) is 9.26. The van der Waals surface area contributed by atoms with Crippen molar-refractivity contribution in [1.82, 2.24) is 0 Å². The van der Waals surface area contributed by atoms with E-state index in [-0.39, 0.29) is 5.75 Å².